The number of anilines is 1. The molecule has 3 aromatic carbocycles. The van der Waals surface area contributed by atoms with Gasteiger partial charge in [-0.1, -0.05) is 51.1 Å². The number of rotatable bonds is 6. The number of amides is 4. The van der Waals surface area contributed by atoms with Gasteiger partial charge in [0, 0.05) is 89.9 Å². The average Bonchev–Trinajstić information content (AvgIpc) is 3.66. The highest BCUT2D eigenvalue weighted by atomic mass is 35.5. The van der Waals surface area contributed by atoms with Crippen LogP contribution in [0.15, 0.2) is 54.6 Å². The third-order valence-electron chi connectivity index (χ3n) is 13.5. The normalized spacial score (nSPS) is 25.2. The molecule has 1 N–H and O–H groups in total. The van der Waals surface area contributed by atoms with E-state index in [4.69, 9.17) is 16.3 Å². The minimum atomic E-state index is -0.606. The Balaban J connectivity index is 0.770. The lowest BCUT2D eigenvalue weighted by Gasteiger charge is -2.65. The zero-order valence-corrected chi connectivity index (χ0v) is 34.1. The highest BCUT2D eigenvalue weighted by Crippen LogP contribution is 2.59. The summed E-state index contributed by atoms with van der Waals surface area (Å²) in [6.45, 7) is 13.4. The first-order valence-electron chi connectivity index (χ1n) is 20.3. The van der Waals surface area contributed by atoms with Gasteiger partial charge in [0.05, 0.1) is 10.6 Å². The van der Waals surface area contributed by atoms with Gasteiger partial charge in [0.15, 0.2) is 0 Å². The van der Waals surface area contributed by atoms with Gasteiger partial charge in [-0.15, -0.1) is 0 Å². The number of carbonyl (C=O) groups is 4. The SMILES string of the molecule is CC1(C)C(Oc2ccc(C#N)c(Cl)c2)C(C)(C)C1N1Cc2cc(C#CC3CCN(C4CN(c5ccc6c(c5)CN(C5CCC(=O)NC5=O)C6=O)C4)CC3)ccc2C1=O. The van der Waals surface area contributed by atoms with Gasteiger partial charge in [0.25, 0.3) is 11.8 Å². The topological polar surface area (TPSA) is 126 Å². The van der Waals surface area contributed by atoms with E-state index in [1.165, 1.54) is 0 Å². The molecule has 58 heavy (non-hydrogen) atoms. The summed E-state index contributed by atoms with van der Waals surface area (Å²) < 4.78 is 6.48. The standard InChI is InChI=1S/C46H47ClN6O5/c1-45(2)43(46(3,4)44(45)58-34-10-8-29(22-48)37(47)21-34)53-24-30-19-28(7-11-35(30)42(53)57)6-5-27-15-17-50(18-16-27)33-25-51(26-33)32-9-12-36-31(20-32)23-52(41(36)56)38-13-14-39(54)49-40(38)55/h7-12,19-21,27,33,38,43-44H,13-18,23-26H2,1-4H3,(H,49,54,55). The van der Waals surface area contributed by atoms with Crippen molar-refractivity contribution in [1.82, 2.24) is 20.0 Å². The van der Waals surface area contributed by atoms with Crippen LogP contribution < -0.4 is 15.0 Å². The fourth-order valence-corrected chi connectivity index (χ4v) is 11.1. The molecule has 9 rings (SSSR count). The Hall–Kier alpha value is -5.36. The van der Waals surface area contributed by atoms with Crippen LogP contribution in [-0.2, 0) is 22.7 Å². The largest absolute Gasteiger partial charge is 0.489 e. The molecule has 3 aromatic rings. The second kappa shape index (κ2) is 14.2. The first-order chi connectivity index (χ1) is 27.7. The van der Waals surface area contributed by atoms with Gasteiger partial charge < -0.3 is 19.4 Å². The monoisotopic (exact) mass is 798 g/mol. The molecule has 4 amide bonds. The van der Waals surface area contributed by atoms with Gasteiger partial charge in [0.2, 0.25) is 11.8 Å². The Bertz CT molecular complexity index is 2340. The fourth-order valence-electron chi connectivity index (χ4n) is 10.9. The molecule has 12 heteroatoms. The number of carbonyl (C=O) groups excluding carboxylic acids is 4. The number of nitriles is 1. The third kappa shape index (κ3) is 6.40. The zero-order valence-electron chi connectivity index (χ0n) is 33.3. The molecule has 5 heterocycles. The van der Waals surface area contributed by atoms with Gasteiger partial charge in [-0.3, -0.25) is 29.4 Å². The summed E-state index contributed by atoms with van der Waals surface area (Å²) in [6.07, 6.45) is 2.47. The molecule has 1 aliphatic carbocycles. The average molecular weight is 799 g/mol. The number of nitrogens with one attached hydrogen (secondary N) is 1. The van der Waals surface area contributed by atoms with Crippen LogP contribution in [0.4, 0.5) is 5.69 Å². The van der Waals surface area contributed by atoms with Crippen molar-refractivity contribution < 1.29 is 23.9 Å². The summed E-state index contributed by atoms with van der Waals surface area (Å²) in [4.78, 5) is 59.5. The molecular formula is C46H47ClN6O5. The Morgan fingerprint density at radius 2 is 1.50 bits per heavy atom. The van der Waals surface area contributed by atoms with Crippen molar-refractivity contribution >= 4 is 40.9 Å². The molecular weight excluding hydrogens is 752 g/mol. The van der Waals surface area contributed by atoms with Crippen molar-refractivity contribution in [3.8, 4) is 23.7 Å². The lowest BCUT2D eigenvalue weighted by atomic mass is 9.49. The van der Waals surface area contributed by atoms with E-state index in [1.54, 1.807) is 23.1 Å². The molecule has 6 aliphatic rings. The number of benzene rings is 3. The lowest BCUT2D eigenvalue weighted by molar-refractivity contribution is -0.199. The van der Waals surface area contributed by atoms with Crippen LogP contribution in [0.1, 0.15) is 96.3 Å². The van der Waals surface area contributed by atoms with Crippen LogP contribution in [0.5, 0.6) is 5.75 Å². The Kier molecular flexibility index (Phi) is 9.33. The van der Waals surface area contributed by atoms with Crippen molar-refractivity contribution in [3.63, 3.8) is 0 Å². The summed E-state index contributed by atoms with van der Waals surface area (Å²) >= 11 is 6.30. The molecule has 4 fully saturated rings. The van der Waals surface area contributed by atoms with E-state index < -0.39 is 6.04 Å². The van der Waals surface area contributed by atoms with E-state index in [9.17, 15) is 24.4 Å². The van der Waals surface area contributed by atoms with E-state index in [0.717, 1.165) is 67.0 Å². The van der Waals surface area contributed by atoms with Crippen LogP contribution in [0, 0.1) is 39.9 Å². The molecule has 1 atom stereocenters. The molecule has 3 saturated heterocycles. The van der Waals surface area contributed by atoms with Gasteiger partial charge in [-0.05, 0) is 92.0 Å². The molecule has 0 bridgehead atoms. The quantitative estimate of drug-likeness (QED) is 0.247. The number of imide groups is 1. The van der Waals surface area contributed by atoms with E-state index in [1.807, 2.05) is 29.2 Å². The number of hydrogen-bond donors (Lipinski definition) is 1. The Labute approximate surface area is 344 Å². The molecule has 0 aromatic heterocycles. The lowest BCUT2D eigenvalue weighted by Crippen LogP contribution is -2.74. The molecule has 11 nitrogen and oxygen atoms in total. The van der Waals surface area contributed by atoms with Crippen LogP contribution >= 0.6 is 11.6 Å². The van der Waals surface area contributed by atoms with E-state index in [-0.39, 0.29) is 53.0 Å². The summed E-state index contributed by atoms with van der Waals surface area (Å²) in [5.74, 6) is 7.15. The Morgan fingerprint density at radius 1 is 0.828 bits per heavy atom. The van der Waals surface area contributed by atoms with Crippen molar-refractivity contribution in [3.05, 3.63) is 93.0 Å². The molecule has 298 valence electrons. The van der Waals surface area contributed by atoms with Crippen molar-refractivity contribution in [2.75, 3.05) is 31.1 Å². The van der Waals surface area contributed by atoms with Crippen molar-refractivity contribution in [1.29, 1.82) is 5.26 Å². The second-order valence-electron chi connectivity index (χ2n) is 18.0. The van der Waals surface area contributed by atoms with Gasteiger partial charge in [-0.2, -0.15) is 5.26 Å². The molecule has 0 radical (unpaired) electrons. The number of likely N-dealkylation sites (tertiary alicyclic amines) is 1. The first-order valence-corrected chi connectivity index (χ1v) is 20.7. The predicted molar refractivity (Wildman–Crippen MR) is 218 cm³/mol. The number of hydrogen-bond acceptors (Lipinski definition) is 8. The number of fused-ring (bicyclic) bond motifs is 2. The highest BCUT2D eigenvalue weighted by molar-refractivity contribution is 6.31. The van der Waals surface area contributed by atoms with E-state index in [2.05, 4.69) is 72.9 Å². The fraction of sp³-hybridized carbons (Fsp3) is 0.457. The van der Waals surface area contributed by atoms with Crippen molar-refractivity contribution in [2.45, 2.75) is 90.7 Å². The molecule has 5 aliphatic heterocycles. The third-order valence-corrected chi connectivity index (χ3v) is 13.8. The second-order valence-corrected chi connectivity index (χ2v) is 18.4. The summed E-state index contributed by atoms with van der Waals surface area (Å²) in [7, 11) is 0. The number of halogens is 1. The van der Waals surface area contributed by atoms with E-state index >= 15 is 0 Å². The van der Waals surface area contributed by atoms with Crippen LogP contribution in [0.3, 0.4) is 0 Å². The smallest absolute Gasteiger partial charge is 0.255 e. The highest BCUT2D eigenvalue weighted by Gasteiger charge is 2.67. The molecule has 1 unspecified atom stereocenters. The zero-order chi connectivity index (χ0) is 40.7. The maximum Gasteiger partial charge on any atom is 0.255 e. The van der Waals surface area contributed by atoms with Gasteiger partial charge in [0.1, 0.15) is 24.0 Å². The Morgan fingerprint density at radius 3 is 2.19 bits per heavy atom. The minimum Gasteiger partial charge on any atom is -0.489 e. The molecule has 0 spiro atoms. The van der Waals surface area contributed by atoms with Gasteiger partial charge >= 0.3 is 0 Å². The predicted octanol–water partition coefficient (Wildman–Crippen LogP) is 5.76. The number of nitrogens with zero attached hydrogens (tertiary/aromatic N) is 5. The summed E-state index contributed by atoms with van der Waals surface area (Å²) in [6, 6.07) is 19.0. The van der Waals surface area contributed by atoms with Crippen LogP contribution in [0.2, 0.25) is 5.02 Å². The maximum absolute atomic E-state index is 13.8. The van der Waals surface area contributed by atoms with Crippen LogP contribution in [-0.4, -0.2) is 88.7 Å². The number of piperidine rings is 2. The minimum absolute atomic E-state index is 0.0434. The maximum atomic E-state index is 13.8. The summed E-state index contributed by atoms with van der Waals surface area (Å²) in [5.41, 5.74) is 5.10. The summed E-state index contributed by atoms with van der Waals surface area (Å²) in [5, 5.41) is 12.0. The van der Waals surface area contributed by atoms with E-state index in [0.29, 0.717) is 53.4 Å². The van der Waals surface area contributed by atoms with Gasteiger partial charge in [-0.25, -0.2) is 0 Å². The van der Waals surface area contributed by atoms with Crippen molar-refractivity contribution in [2.24, 2.45) is 16.7 Å². The number of ether oxygens (including phenoxy) is 1. The molecule has 1 saturated carbocycles. The van der Waals surface area contributed by atoms with Crippen LogP contribution in [0.25, 0.3) is 0 Å². The first kappa shape index (κ1) is 38.2.